The third-order valence-corrected chi connectivity index (χ3v) is 3.94. The molecule has 0 aliphatic heterocycles. The Labute approximate surface area is 126 Å². The normalized spacial score (nSPS) is 11.7. The van der Waals surface area contributed by atoms with Crippen molar-refractivity contribution in [2.45, 2.75) is 19.4 Å². The molecular formula is C15H16N2O3S. The van der Waals surface area contributed by atoms with Gasteiger partial charge in [-0.1, -0.05) is 18.2 Å². The number of carbonyl (C=O) groups excluding carboxylic acids is 1. The minimum absolute atomic E-state index is 0.0259. The van der Waals surface area contributed by atoms with Gasteiger partial charge in [-0.25, -0.2) is 4.79 Å². The van der Waals surface area contributed by atoms with Gasteiger partial charge in [0, 0.05) is 10.6 Å². The summed E-state index contributed by atoms with van der Waals surface area (Å²) in [4.78, 5) is 23.5. The Morgan fingerprint density at radius 2 is 1.95 bits per heavy atom. The largest absolute Gasteiger partial charge is 0.481 e. The molecule has 1 aromatic carbocycles. The van der Waals surface area contributed by atoms with E-state index in [2.05, 4.69) is 10.6 Å². The molecule has 0 aliphatic rings. The zero-order valence-electron chi connectivity index (χ0n) is 11.5. The molecule has 21 heavy (non-hydrogen) atoms. The smallest absolute Gasteiger partial charge is 0.319 e. The van der Waals surface area contributed by atoms with E-state index in [4.69, 9.17) is 5.11 Å². The monoisotopic (exact) mass is 304 g/mol. The molecule has 1 atom stereocenters. The van der Waals surface area contributed by atoms with Gasteiger partial charge in [0.15, 0.2) is 0 Å². The third-order valence-electron chi connectivity index (χ3n) is 2.88. The lowest BCUT2D eigenvalue weighted by molar-refractivity contribution is -0.136. The predicted molar refractivity (Wildman–Crippen MR) is 82.7 cm³/mol. The molecule has 0 spiro atoms. The molecule has 2 aromatic rings. The third kappa shape index (κ3) is 4.61. The molecule has 0 saturated heterocycles. The maximum absolute atomic E-state index is 11.9. The second-order valence-corrected chi connectivity index (χ2v) is 5.58. The lowest BCUT2D eigenvalue weighted by Crippen LogP contribution is -2.30. The second-order valence-electron chi connectivity index (χ2n) is 4.60. The van der Waals surface area contributed by atoms with Crippen LogP contribution in [0, 0.1) is 0 Å². The maximum Gasteiger partial charge on any atom is 0.319 e. The first-order valence-electron chi connectivity index (χ1n) is 6.46. The summed E-state index contributed by atoms with van der Waals surface area (Å²) in [6.45, 7) is 1.92. The fraction of sp³-hybridized carbons (Fsp3) is 0.200. The van der Waals surface area contributed by atoms with Gasteiger partial charge in [-0.05, 0) is 36.1 Å². The van der Waals surface area contributed by atoms with Gasteiger partial charge in [-0.15, -0.1) is 11.3 Å². The highest BCUT2D eigenvalue weighted by molar-refractivity contribution is 7.10. The summed E-state index contributed by atoms with van der Waals surface area (Å²) >= 11 is 1.59. The average Bonchev–Trinajstić information content (AvgIpc) is 2.94. The molecule has 2 rings (SSSR count). The summed E-state index contributed by atoms with van der Waals surface area (Å²) in [7, 11) is 0. The number of benzene rings is 1. The number of carboxylic acid groups (broad SMARTS) is 1. The fourth-order valence-corrected chi connectivity index (χ4v) is 2.59. The van der Waals surface area contributed by atoms with E-state index in [0.717, 1.165) is 4.88 Å². The van der Waals surface area contributed by atoms with E-state index in [1.807, 2.05) is 24.4 Å². The van der Waals surface area contributed by atoms with Gasteiger partial charge >= 0.3 is 12.0 Å². The Morgan fingerprint density at radius 1 is 1.24 bits per heavy atom. The van der Waals surface area contributed by atoms with Crippen molar-refractivity contribution in [3.8, 4) is 0 Å². The van der Waals surface area contributed by atoms with Crippen LogP contribution in [0.1, 0.15) is 23.4 Å². The van der Waals surface area contributed by atoms with E-state index >= 15 is 0 Å². The van der Waals surface area contributed by atoms with Crippen LogP contribution in [0.2, 0.25) is 0 Å². The molecule has 1 heterocycles. The quantitative estimate of drug-likeness (QED) is 0.793. The zero-order valence-corrected chi connectivity index (χ0v) is 12.3. The number of hydrogen-bond donors (Lipinski definition) is 3. The minimum atomic E-state index is -0.877. The predicted octanol–water partition coefficient (Wildman–Crippen LogP) is 3.26. The average molecular weight is 304 g/mol. The van der Waals surface area contributed by atoms with Crippen molar-refractivity contribution in [2.24, 2.45) is 0 Å². The van der Waals surface area contributed by atoms with Crippen molar-refractivity contribution < 1.29 is 14.7 Å². The van der Waals surface area contributed by atoms with E-state index in [9.17, 15) is 9.59 Å². The number of thiophene rings is 1. The number of carboxylic acids is 1. The van der Waals surface area contributed by atoms with Crippen LogP contribution in [0.3, 0.4) is 0 Å². The fourth-order valence-electron chi connectivity index (χ4n) is 1.85. The summed E-state index contributed by atoms with van der Waals surface area (Å²) in [5.41, 5.74) is 1.32. The van der Waals surface area contributed by atoms with Gasteiger partial charge in [0.2, 0.25) is 0 Å². The van der Waals surface area contributed by atoms with Crippen LogP contribution < -0.4 is 10.6 Å². The molecule has 110 valence electrons. The molecule has 0 fully saturated rings. The number of urea groups is 1. The Hall–Kier alpha value is -2.34. The standard InChI is InChI=1S/C15H16N2O3S/c1-10(13-3-2-8-21-13)16-15(20)17-12-6-4-11(5-7-12)9-14(18)19/h2-8,10H,9H2,1H3,(H,18,19)(H2,16,17,20). The van der Waals surface area contributed by atoms with E-state index in [-0.39, 0.29) is 18.5 Å². The van der Waals surface area contributed by atoms with Crippen molar-refractivity contribution >= 4 is 29.0 Å². The van der Waals surface area contributed by atoms with Crippen LogP contribution >= 0.6 is 11.3 Å². The van der Waals surface area contributed by atoms with E-state index in [1.165, 1.54) is 0 Å². The van der Waals surface area contributed by atoms with Crippen LogP contribution in [0.4, 0.5) is 10.5 Å². The summed E-state index contributed by atoms with van der Waals surface area (Å²) in [5.74, 6) is -0.877. The SMILES string of the molecule is CC(NC(=O)Nc1ccc(CC(=O)O)cc1)c1cccs1. The number of nitrogens with one attached hydrogen (secondary N) is 2. The molecule has 0 saturated carbocycles. The lowest BCUT2D eigenvalue weighted by Gasteiger charge is -2.13. The van der Waals surface area contributed by atoms with E-state index in [1.54, 1.807) is 35.6 Å². The molecule has 0 radical (unpaired) electrons. The van der Waals surface area contributed by atoms with Gasteiger partial charge < -0.3 is 15.7 Å². The number of anilines is 1. The zero-order chi connectivity index (χ0) is 15.2. The summed E-state index contributed by atoms with van der Waals surface area (Å²) in [6.07, 6.45) is -0.0259. The highest BCUT2D eigenvalue weighted by atomic mass is 32.1. The highest BCUT2D eigenvalue weighted by Crippen LogP contribution is 2.18. The number of aliphatic carboxylic acids is 1. The lowest BCUT2D eigenvalue weighted by atomic mass is 10.1. The summed E-state index contributed by atoms with van der Waals surface area (Å²) < 4.78 is 0. The topological polar surface area (TPSA) is 78.4 Å². The van der Waals surface area contributed by atoms with Crippen molar-refractivity contribution in [1.29, 1.82) is 0 Å². The molecule has 1 unspecified atom stereocenters. The van der Waals surface area contributed by atoms with Crippen molar-refractivity contribution in [3.05, 3.63) is 52.2 Å². The second kappa shape index (κ2) is 6.90. The van der Waals surface area contributed by atoms with Crippen molar-refractivity contribution in [2.75, 3.05) is 5.32 Å². The molecule has 3 N–H and O–H groups in total. The molecule has 0 bridgehead atoms. The number of amides is 2. The van der Waals surface area contributed by atoms with Crippen molar-refractivity contribution in [1.82, 2.24) is 5.32 Å². The summed E-state index contributed by atoms with van der Waals surface area (Å²) in [5, 5.41) is 16.2. The summed E-state index contributed by atoms with van der Waals surface area (Å²) in [6, 6.07) is 10.3. The van der Waals surface area contributed by atoms with E-state index in [0.29, 0.717) is 11.3 Å². The van der Waals surface area contributed by atoms with E-state index < -0.39 is 5.97 Å². The number of carbonyl (C=O) groups is 2. The van der Waals surface area contributed by atoms with Crippen LogP contribution in [-0.4, -0.2) is 17.1 Å². The van der Waals surface area contributed by atoms with Gasteiger partial charge in [-0.2, -0.15) is 0 Å². The molecule has 0 aliphatic carbocycles. The maximum atomic E-state index is 11.9. The first-order chi connectivity index (χ1) is 10.0. The van der Waals surface area contributed by atoms with Crippen LogP contribution in [-0.2, 0) is 11.2 Å². The molecule has 5 nitrogen and oxygen atoms in total. The highest BCUT2D eigenvalue weighted by Gasteiger charge is 2.10. The van der Waals surface area contributed by atoms with Gasteiger partial charge in [0.1, 0.15) is 0 Å². The molecule has 1 aromatic heterocycles. The van der Waals surface area contributed by atoms with Crippen LogP contribution in [0.5, 0.6) is 0 Å². The van der Waals surface area contributed by atoms with Crippen LogP contribution in [0.15, 0.2) is 41.8 Å². The Balaban J connectivity index is 1.89. The molecule has 2 amide bonds. The van der Waals surface area contributed by atoms with Gasteiger partial charge in [-0.3, -0.25) is 4.79 Å². The van der Waals surface area contributed by atoms with Gasteiger partial charge in [0.05, 0.1) is 12.5 Å². The number of rotatable bonds is 5. The minimum Gasteiger partial charge on any atom is -0.481 e. The molecule has 6 heteroatoms. The first-order valence-corrected chi connectivity index (χ1v) is 7.34. The first kappa shape index (κ1) is 15.1. The Morgan fingerprint density at radius 3 is 2.52 bits per heavy atom. The van der Waals surface area contributed by atoms with Gasteiger partial charge in [0.25, 0.3) is 0 Å². The van der Waals surface area contributed by atoms with Crippen LogP contribution in [0.25, 0.3) is 0 Å². The molecular weight excluding hydrogens is 288 g/mol. The Kier molecular flexibility index (Phi) is 4.94. The van der Waals surface area contributed by atoms with Crippen molar-refractivity contribution in [3.63, 3.8) is 0 Å². The Bertz CT molecular complexity index is 608. The number of hydrogen-bond acceptors (Lipinski definition) is 3.